The Hall–Kier alpha value is -1.51. The number of thiazole rings is 1. The molecule has 2 amide bonds. The summed E-state index contributed by atoms with van der Waals surface area (Å²) in [4.78, 5) is 31.5. The van der Waals surface area contributed by atoms with Crippen LogP contribution in [0.3, 0.4) is 0 Å². The Bertz CT molecular complexity index is 571. The lowest BCUT2D eigenvalue weighted by molar-refractivity contribution is -0.144. The Kier molecular flexibility index (Phi) is 5.72. The van der Waals surface area contributed by atoms with E-state index in [9.17, 15) is 9.59 Å². The van der Waals surface area contributed by atoms with Crippen molar-refractivity contribution in [3.63, 3.8) is 0 Å². The van der Waals surface area contributed by atoms with Crippen LogP contribution >= 0.6 is 11.3 Å². The molecule has 1 atom stereocenters. The van der Waals surface area contributed by atoms with Crippen molar-refractivity contribution in [3.8, 4) is 0 Å². The average molecular weight is 340 g/mol. The van der Waals surface area contributed by atoms with E-state index in [0.29, 0.717) is 13.0 Å². The van der Waals surface area contributed by atoms with Crippen LogP contribution in [0, 0.1) is 6.92 Å². The standard InChI is InChI=1S/C15H24N4O3S/c1-10-17-9-12(23-10)15(6-7-15)14(21)19(2)11(13(20)18-22)5-3-4-8-16/h9,11,22H,3-8,16H2,1-2H3,(H,18,20). The predicted octanol–water partition coefficient (Wildman–Crippen LogP) is 0.945. The summed E-state index contributed by atoms with van der Waals surface area (Å²) in [6, 6.07) is -0.689. The van der Waals surface area contributed by atoms with Crippen molar-refractivity contribution in [1.82, 2.24) is 15.4 Å². The monoisotopic (exact) mass is 340 g/mol. The highest BCUT2D eigenvalue weighted by Gasteiger charge is 2.54. The molecule has 8 heteroatoms. The second-order valence-electron chi connectivity index (χ2n) is 6.02. The second kappa shape index (κ2) is 7.37. The van der Waals surface area contributed by atoms with Gasteiger partial charge in [0.05, 0.1) is 10.4 Å². The molecule has 1 aromatic rings. The molecule has 128 valence electrons. The maximum absolute atomic E-state index is 12.9. The van der Waals surface area contributed by atoms with E-state index in [0.717, 1.165) is 35.6 Å². The van der Waals surface area contributed by atoms with Crippen molar-refractivity contribution >= 4 is 23.2 Å². The summed E-state index contributed by atoms with van der Waals surface area (Å²) in [5.41, 5.74) is 6.61. The number of hydrogen-bond donors (Lipinski definition) is 3. The first-order valence-corrected chi connectivity index (χ1v) is 8.62. The highest BCUT2D eigenvalue weighted by molar-refractivity contribution is 7.11. The van der Waals surface area contributed by atoms with Gasteiger partial charge < -0.3 is 10.6 Å². The summed E-state index contributed by atoms with van der Waals surface area (Å²) in [6.07, 6.45) is 5.27. The van der Waals surface area contributed by atoms with Crippen LogP contribution in [0.15, 0.2) is 6.20 Å². The minimum Gasteiger partial charge on any atom is -0.333 e. The minimum absolute atomic E-state index is 0.0810. The summed E-state index contributed by atoms with van der Waals surface area (Å²) < 4.78 is 0. The molecular formula is C15H24N4O3S. The first kappa shape index (κ1) is 17.8. The number of aryl methyl sites for hydroxylation is 1. The molecule has 0 aromatic carbocycles. The largest absolute Gasteiger partial charge is 0.333 e. The molecule has 1 aliphatic carbocycles. The van der Waals surface area contributed by atoms with Gasteiger partial charge in [0.2, 0.25) is 5.91 Å². The molecule has 0 bridgehead atoms. The molecule has 1 saturated carbocycles. The summed E-state index contributed by atoms with van der Waals surface area (Å²) in [5, 5.41) is 9.89. The van der Waals surface area contributed by atoms with Crippen LogP contribution < -0.4 is 11.2 Å². The summed E-state index contributed by atoms with van der Waals surface area (Å²) >= 11 is 1.53. The van der Waals surface area contributed by atoms with E-state index in [4.69, 9.17) is 10.9 Å². The third kappa shape index (κ3) is 3.70. The van der Waals surface area contributed by atoms with Crippen LogP contribution in [-0.2, 0) is 15.0 Å². The van der Waals surface area contributed by atoms with E-state index in [-0.39, 0.29) is 5.91 Å². The predicted molar refractivity (Wildman–Crippen MR) is 87.2 cm³/mol. The smallest absolute Gasteiger partial charge is 0.266 e. The Balaban J connectivity index is 2.13. The van der Waals surface area contributed by atoms with Gasteiger partial charge in [-0.2, -0.15) is 0 Å². The fraction of sp³-hybridized carbons (Fsp3) is 0.667. The number of likely N-dealkylation sites (N-methyl/N-ethyl adjacent to an activating group) is 1. The van der Waals surface area contributed by atoms with Crippen molar-refractivity contribution in [2.45, 2.75) is 50.5 Å². The third-order valence-electron chi connectivity index (χ3n) is 4.38. The molecule has 1 aromatic heterocycles. The Morgan fingerprint density at radius 3 is 2.70 bits per heavy atom. The van der Waals surface area contributed by atoms with Crippen molar-refractivity contribution in [2.24, 2.45) is 5.73 Å². The molecule has 0 radical (unpaired) electrons. The van der Waals surface area contributed by atoms with Gasteiger partial charge in [-0.15, -0.1) is 11.3 Å². The molecule has 1 fully saturated rings. The number of carbonyl (C=O) groups is 2. The van der Waals surface area contributed by atoms with Crippen LogP contribution in [0.5, 0.6) is 0 Å². The van der Waals surface area contributed by atoms with Gasteiger partial charge in [-0.1, -0.05) is 0 Å². The molecule has 1 aliphatic rings. The highest BCUT2D eigenvalue weighted by atomic mass is 32.1. The third-order valence-corrected chi connectivity index (χ3v) is 5.50. The van der Waals surface area contributed by atoms with Gasteiger partial charge in [0.25, 0.3) is 5.91 Å². The maximum atomic E-state index is 12.9. The number of nitrogens with zero attached hydrogens (tertiary/aromatic N) is 2. The van der Waals surface area contributed by atoms with Crippen molar-refractivity contribution in [3.05, 3.63) is 16.1 Å². The average Bonchev–Trinajstić information content (AvgIpc) is 3.25. The summed E-state index contributed by atoms with van der Waals surface area (Å²) in [7, 11) is 1.62. The number of rotatable bonds is 8. The van der Waals surface area contributed by atoms with E-state index in [1.54, 1.807) is 18.7 Å². The fourth-order valence-electron chi connectivity index (χ4n) is 2.81. The first-order chi connectivity index (χ1) is 11.0. The Morgan fingerprint density at radius 2 is 2.22 bits per heavy atom. The number of amides is 2. The number of carbonyl (C=O) groups excluding carboxylic acids is 2. The number of nitrogens with one attached hydrogen (secondary N) is 1. The Morgan fingerprint density at radius 1 is 1.52 bits per heavy atom. The van der Waals surface area contributed by atoms with Crippen LogP contribution in [-0.4, -0.2) is 46.5 Å². The number of unbranched alkanes of at least 4 members (excludes halogenated alkanes) is 1. The van der Waals surface area contributed by atoms with Crippen molar-refractivity contribution in [1.29, 1.82) is 0 Å². The summed E-state index contributed by atoms with van der Waals surface area (Å²) in [6.45, 7) is 2.45. The fourth-order valence-corrected chi connectivity index (χ4v) is 3.83. The molecular weight excluding hydrogens is 316 g/mol. The van der Waals surface area contributed by atoms with Gasteiger partial charge in [0.15, 0.2) is 0 Å². The zero-order valence-corrected chi connectivity index (χ0v) is 14.4. The molecule has 0 spiro atoms. The molecule has 23 heavy (non-hydrogen) atoms. The van der Waals surface area contributed by atoms with Gasteiger partial charge in [0.1, 0.15) is 6.04 Å². The molecule has 2 rings (SSSR count). The zero-order valence-electron chi connectivity index (χ0n) is 13.5. The maximum Gasteiger partial charge on any atom is 0.266 e. The molecule has 7 nitrogen and oxygen atoms in total. The van der Waals surface area contributed by atoms with E-state index in [2.05, 4.69) is 4.98 Å². The van der Waals surface area contributed by atoms with Crippen LogP contribution in [0.1, 0.15) is 42.0 Å². The minimum atomic E-state index is -0.689. The number of nitrogens with two attached hydrogens (primary N) is 1. The molecule has 1 unspecified atom stereocenters. The highest BCUT2D eigenvalue weighted by Crippen LogP contribution is 2.51. The van der Waals surface area contributed by atoms with Crippen molar-refractivity contribution < 1.29 is 14.8 Å². The van der Waals surface area contributed by atoms with Gasteiger partial charge in [0, 0.05) is 18.1 Å². The first-order valence-electron chi connectivity index (χ1n) is 7.80. The Labute approximate surface area is 139 Å². The van der Waals surface area contributed by atoms with Gasteiger partial charge in [-0.05, 0) is 45.6 Å². The second-order valence-corrected chi connectivity index (χ2v) is 7.25. The molecule has 0 saturated heterocycles. The van der Waals surface area contributed by atoms with Crippen molar-refractivity contribution in [2.75, 3.05) is 13.6 Å². The quantitative estimate of drug-likeness (QED) is 0.371. The van der Waals surface area contributed by atoms with E-state index in [1.807, 2.05) is 6.92 Å². The molecule has 1 heterocycles. The topological polar surface area (TPSA) is 109 Å². The zero-order chi connectivity index (χ0) is 17.0. The SMILES string of the molecule is Cc1ncc(C2(C(=O)N(C)C(CCCCN)C(=O)NO)CC2)s1. The van der Waals surface area contributed by atoms with Gasteiger partial charge >= 0.3 is 0 Å². The van der Waals surface area contributed by atoms with E-state index < -0.39 is 17.4 Å². The van der Waals surface area contributed by atoms with Crippen LogP contribution in [0.2, 0.25) is 0 Å². The van der Waals surface area contributed by atoms with Gasteiger partial charge in [-0.25, -0.2) is 10.5 Å². The lowest BCUT2D eigenvalue weighted by Crippen LogP contribution is -2.50. The van der Waals surface area contributed by atoms with Crippen LogP contribution in [0.25, 0.3) is 0 Å². The number of hydroxylamine groups is 1. The van der Waals surface area contributed by atoms with Crippen LogP contribution in [0.4, 0.5) is 0 Å². The van der Waals surface area contributed by atoms with Gasteiger partial charge in [-0.3, -0.25) is 14.8 Å². The summed E-state index contributed by atoms with van der Waals surface area (Å²) in [5.74, 6) is -0.642. The number of hydrogen-bond acceptors (Lipinski definition) is 6. The molecule has 0 aliphatic heterocycles. The lowest BCUT2D eigenvalue weighted by atomic mass is 10.0. The number of aromatic nitrogens is 1. The van der Waals surface area contributed by atoms with E-state index >= 15 is 0 Å². The normalized spacial score (nSPS) is 16.7. The molecule has 4 N–H and O–H groups in total. The lowest BCUT2D eigenvalue weighted by Gasteiger charge is -2.29. The van der Waals surface area contributed by atoms with E-state index in [1.165, 1.54) is 16.2 Å².